The van der Waals surface area contributed by atoms with Crippen LogP contribution >= 0.6 is 0 Å². The molecule has 0 aliphatic carbocycles. The van der Waals surface area contributed by atoms with E-state index in [1.165, 1.54) is 0 Å². The van der Waals surface area contributed by atoms with Crippen LogP contribution in [0.25, 0.3) is 11.4 Å². The Morgan fingerprint density at radius 2 is 1.70 bits per heavy atom. The van der Waals surface area contributed by atoms with Gasteiger partial charge in [0.1, 0.15) is 0 Å². The first kappa shape index (κ1) is 12.3. The van der Waals surface area contributed by atoms with Crippen molar-refractivity contribution in [2.45, 2.75) is 13.8 Å². The highest BCUT2D eigenvalue weighted by Gasteiger charge is 2.13. The van der Waals surface area contributed by atoms with Crippen LogP contribution in [-0.2, 0) is 0 Å². The van der Waals surface area contributed by atoms with E-state index >= 15 is 0 Å². The minimum Gasteiger partial charge on any atom is -0.294 e. The van der Waals surface area contributed by atoms with Crippen molar-refractivity contribution >= 4 is 5.78 Å². The van der Waals surface area contributed by atoms with Crippen LogP contribution in [0, 0.1) is 6.92 Å². The molecule has 0 radical (unpaired) electrons. The average Bonchev–Trinajstić information content (AvgIpc) is 3.12. The van der Waals surface area contributed by atoms with Gasteiger partial charge in [0, 0.05) is 30.4 Å². The Kier molecular flexibility index (Phi) is 2.95. The zero-order valence-electron chi connectivity index (χ0n) is 11.3. The highest BCUT2D eigenvalue weighted by atomic mass is 16.1. The highest BCUT2D eigenvalue weighted by molar-refractivity contribution is 5.97. The molecule has 0 unspecified atom stereocenters. The second-order valence-electron chi connectivity index (χ2n) is 4.59. The van der Waals surface area contributed by atoms with Gasteiger partial charge in [-0.1, -0.05) is 0 Å². The van der Waals surface area contributed by atoms with Crippen LogP contribution in [-0.4, -0.2) is 25.3 Å². The zero-order chi connectivity index (χ0) is 14.1. The maximum Gasteiger partial charge on any atom is 0.160 e. The number of ketones is 1. The van der Waals surface area contributed by atoms with Gasteiger partial charge in [-0.3, -0.25) is 4.79 Å². The number of hydrogen-bond donors (Lipinski definition) is 0. The summed E-state index contributed by atoms with van der Waals surface area (Å²) < 4.78 is 3.49. The minimum atomic E-state index is 0.0323. The van der Waals surface area contributed by atoms with E-state index in [0.29, 0.717) is 5.56 Å². The summed E-state index contributed by atoms with van der Waals surface area (Å²) in [5, 5.41) is 8.46. The van der Waals surface area contributed by atoms with Crippen LogP contribution < -0.4 is 0 Å². The molecule has 100 valence electrons. The molecule has 0 aliphatic heterocycles. The predicted molar refractivity (Wildman–Crippen MR) is 75.4 cm³/mol. The lowest BCUT2D eigenvalue weighted by Crippen LogP contribution is -2.07. The normalized spacial score (nSPS) is 10.7. The fourth-order valence-corrected chi connectivity index (χ4v) is 2.25. The summed E-state index contributed by atoms with van der Waals surface area (Å²) in [6.07, 6.45) is 7.13. The van der Waals surface area contributed by atoms with Crippen molar-refractivity contribution in [1.82, 2.24) is 19.6 Å². The lowest BCUT2D eigenvalue weighted by atomic mass is 10.0. The molecule has 0 atom stereocenters. The van der Waals surface area contributed by atoms with Gasteiger partial charge in [0.05, 0.1) is 11.4 Å². The second kappa shape index (κ2) is 4.77. The second-order valence-corrected chi connectivity index (χ2v) is 4.59. The molecule has 3 rings (SSSR count). The van der Waals surface area contributed by atoms with Crippen LogP contribution in [0.3, 0.4) is 0 Å². The van der Waals surface area contributed by atoms with Crippen molar-refractivity contribution in [1.29, 1.82) is 0 Å². The van der Waals surface area contributed by atoms with Crippen molar-refractivity contribution in [3.8, 4) is 11.4 Å². The number of Topliss-reactive ketones (excluding diaryl/α,β-unsaturated/α-hetero) is 1. The van der Waals surface area contributed by atoms with Crippen molar-refractivity contribution in [3.63, 3.8) is 0 Å². The van der Waals surface area contributed by atoms with Gasteiger partial charge in [-0.05, 0) is 43.7 Å². The minimum absolute atomic E-state index is 0.0323. The van der Waals surface area contributed by atoms with E-state index in [1.54, 1.807) is 28.7 Å². The summed E-state index contributed by atoms with van der Waals surface area (Å²) in [5.41, 5.74) is 3.32. The van der Waals surface area contributed by atoms with E-state index in [-0.39, 0.29) is 5.78 Å². The maximum atomic E-state index is 11.9. The number of carbonyl (C=O) groups excluding carboxylic acids is 1. The molecule has 0 aliphatic rings. The van der Waals surface area contributed by atoms with E-state index in [4.69, 9.17) is 0 Å². The van der Waals surface area contributed by atoms with Crippen LogP contribution in [0.1, 0.15) is 22.8 Å². The van der Waals surface area contributed by atoms with Crippen molar-refractivity contribution in [2.75, 3.05) is 0 Å². The summed E-state index contributed by atoms with van der Waals surface area (Å²) in [6, 6.07) is 7.54. The standard InChI is InChI=1S/C15H14N4O/c1-11-14(12(2)20)9-13(18-7-3-5-16-18)10-15(11)19-8-4-6-17-19/h3-10H,1-2H3. The molecule has 2 heterocycles. The Hall–Kier alpha value is -2.69. The monoisotopic (exact) mass is 266 g/mol. The molecule has 0 bridgehead atoms. The van der Waals surface area contributed by atoms with Crippen LogP contribution in [0.2, 0.25) is 0 Å². The average molecular weight is 266 g/mol. The molecular weight excluding hydrogens is 252 g/mol. The summed E-state index contributed by atoms with van der Waals surface area (Å²) in [7, 11) is 0. The molecular formula is C15H14N4O. The Morgan fingerprint density at radius 1 is 1.05 bits per heavy atom. The van der Waals surface area contributed by atoms with Gasteiger partial charge in [0.2, 0.25) is 0 Å². The predicted octanol–water partition coefficient (Wildman–Crippen LogP) is 2.57. The summed E-state index contributed by atoms with van der Waals surface area (Å²) in [6.45, 7) is 3.50. The lowest BCUT2D eigenvalue weighted by Gasteiger charge is -2.13. The van der Waals surface area contributed by atoms with E-state index in [9.17, 15) is 4.79 Å². The smallest absolute Gasteiger partial charge is 0.160 e. The first-order chi connectivity index (χ1) is 9.66. The third kappa shape index (κ3) is 2.03. The maximum absolute atomic E-state index is 11.9. The molecule has 5 nitrogen and oxygen atoms in total. The van der Waals surface area contributed by atoms with Gasteiger partial charge in [-0.25, -0.2) is 9.36 Å². The van der Waals surface area contributed by atoms with Crippen LogP contribution in [0.15, 0.2) is 49.1 Å². The zero-order valence-corrected chi connectivity index (χ0v) is 11.3. The number of carbonyl (C=O) groups is 1. The summed E-state index contributed by atoms with van der Waals surface area (Å²) in [5.74, 6) is 0.0323. The van der Waals surface area contributed by atoms with Gasteiger partial charge < -0.3 is 0 Å². The highest BCUT2D eigenvalue weighted by Crippen LogP contribution is 2.23. The molecule has 0 saturated heterocycles. The first-order valence-electron chi connectivity index (χ1n) is 6.32. The molecule has 0 saturated carbocycles. The molecule has 0 amide bonds. The summed E-state index contributed by atoms with van der Waals surface area (Å²) in [4.78, 5) is 11.9. The number of rotatable bonds is 3. The number of aromatic nitrogens is 4. The Bertz CT molecular complexity index is 743. The topological polar surface area (TPSA) is 52.7 Å². The molecule has 0 N–H and O–H groups in total. The van der Waals surface area contributed by atoms with Crippen LogP contribution in [0.5, 0.6) is 0 Å². The van der Waals surface area contributed by atoms with Crippen molar-refractivity contribution in [3.05, 3.63) is 60.2 Å². The summed E-state index contributed by atoms with van der Waals surface area (Å²) >= 11 is 0. The molecule has 5 heteroatoms. The Labute approximate surface area is 116 Å². The largest absolute Gasteiger partial charge is 0.294 e. The molecule has 20 heavy (non-hydrogen) atoms. The Morgan fingerprint density at radius 3 is 2.25 bits per heavy atom. The fraction of sp³-hybridized carbons (Fsp3) is 0.133. The number of hydrogen-bond acceptors (Lipinski definition) is 3. The third-order valence-electron chi connectivity index (χ3n) is 3.26. The molecule has 0 fully saturated rings. The van der Waals surface area contributed by atoms with E-state index < -0.39 is 0 Å². The van der Waals surface area contributed by atoms with E-state index in [2.05, 4.69) is 10.2 Å². The molecule has 3 aromatic rings. The Balaban J connectivity index is 2.26. The number of benzene rings is 1. The lowest BCUT2D eigenvalue weighted by molar-refractivity contribution is 0.101. The number of nitrogens with zero attached hydrogens (tertiary/aromatic N) is 4. The molecule has 2 aromatic heterocycles. The quantitative estimate of drug-likeness (QED) is 0.685. The van der Waals surface area contributed by atoms with Gasteiger partial charge >= 0.3 is 0 Å². The SMILES string of the molecule is CC(=O)c1cc(-n2cccn2)cc(-n2cccn2)c1C. The van der Waals surface area contributed by atoms with E-state index in [1.807, 2.05) is 43.6 Å². The first-order valence-corrected chi connectivity index (χ1v) is 6.32. The van der Waals surface area contributed by atoms with Gasteiger partial charge in [-0.15, -0.1) is 0 Å². The van der Waals surface area contributed by atoms with Gasteiger partial charge in [0.15, 0.2) is 5.78 Å². The van der Waals surface area contributed by atoms with Gasteiger partial charge in [0.25, 0.3) is 0 Å². The van der Waals surface area contributed by atoms with Crippen molar-refractivity contribution in [2.24, 2.45) is 0 Å². The van der Waals surface area contributed by atoms with E-state index in [0.717, 1.165) is 16.9 Å². The third-order valence-corrected chi connectivity index (χ3v) is 3.26. The molecule has 1 aromatic carbocycles. The van der Waals surface area contributed by atoms with Crippen molar-refractivity contribution < 1.29 is 4.79 Å². The van der Waals surface area contributed by atoms with Crippen LogP contribution in [0.4, 0.5) is 0 Å². The molecule has 0 spiro atoms. The van der Waals surface area contributed by atoms with Gasteiger partial charge in [-0.2, -0.15) is 10.2 Å². The fourth-order valence-electron chi connectivity index (χ4n) is 2.25.